The SMILES string of the molecule is O=C(C[NH+]1CCN(c2ccccc2)CC1)Nc1nnc(C2CCCCC2)s1. The number of quaternary nitrogens is 1. The first-order chi connectivity index (χ1) is 13.3. The van der Waals surface area contributed by atoms with Crippen LogP contribution in [0.2, 0.25) is 0 Å². The highest BCUT2D eigenvalue weighted by Crippen LogP contribution is 2.35. The molecule has 2 aliphatic rings. The number of anilines is 2. The first kappa shape index (κ1) is 18.4. The Bertz CT molecular complexity index is 736. The molecule has 4 rings (SSSR count). The van der Waals surface area contributed by atoms with Crippen LogP contribution < -0.4 is 15.1 Å². The molecule has 1 saturated heterocycles. The summed E-state index contributed by atoms with van der Waals surface area (Å²) >= 11 is 1.56. The molecule has 1 saturated carbocycles. The van der Waals surface area contributed by atoms with Crippen molar-refractivity contribution in [1.29, 1.82) is 0 Å². The molecule has 6 nitrogen and oxygen atoms in total. The summed E-state index contributed by atoms with van der Waals surface area (Å²) in [6.07, 6.45) is 6.31. The van der Waals surface area contributed by atoms with E-state index in [2.05, 4.69) is 44.7 Å². The molecule has 7 heteroatoms. The van der Waals surface area contributed by atoms with Crippen LogP contribution >= 0.6 is 11.3 Å². The van der Waals surface area contributed by atoms with Crippen molar-refractivity contribution in [3.05, 3.63) is 35.3 Å². The lowest BCUT2D eigenvalue weighted by atomic mass is 9.90. The summed E-state index contributed by atoms with van der Waals surface area (Å²) in [6.45, 7) is 4.42. The standard InChI is InChI=1S/C20H27N5OS/c26-18(21-20-23-22-19(27-20)16-7-3-1-4-8-16)15-24-11-13-25(14-12-24)17-9-5-2-6-10-17/h2,5-6,9-10,16H,1,3-4,7-8,11-15H2,(H,21,23,26)/p+1. The zero-order valence-corrected chi connectivity index (χ0v) is 16.5. The molecular weight excluding hydrogens is 358 g/mol. The summed E-state index contributed by atoms with van der Waals surface area (Å²) in [6, 6.07) is 10.5. The van der Waals surface area contributed by atoms with Crippen molar-refractivity contribution in [1.82, 2.24) is 10.2 Å². The van der Waals surface area contributed by atoms with Gasteiger partial charge in [-0.2, -0.15) is 0 Å². The number of aromatic nitrogens is 2. The predicted octanol–water partition coefficient (Wildman–Crippen LogP) is 1.93. The highest BCUT2D eigenvalue weighted by Gasteiger charge is 2.24. The van der Waals surface area contributed by atoms with Crippen molar-refractivity contribution < 1.29 is 9.69 Å². The number of carbonyl (C=O) groups excluding carboxylic acids is 1. The predicted molar refractivity (Wildman–Crippen MR) is 109 cm³/mol. The average Bonchev–Trinajstić information content (AvgIpc) is 3.18. The minimum atomic E-state index is 0.0458. The van der Waals surface area contributed by atoms with E-state index >= 15 is 0 Å². The van der Waals surface area contributed by atoms with E-state index < -0.39 is 0 Å². The Balaban J connectivity index is 1.24. The summed E-state index contributed by atoms with van der Waals surface area (Å²) in [4.78, 5) is 16.1. The second kappa shape index (κ2) is 8.80. The third-order valence-electron chi connectivity index (χ3n) is 5.64. The van der Waals surface area contributed by atoms with E-state index in [-0.39, 0.29) is 5.91 Å². The summed E-state index contributed by atoms with van der Waals surface area (Å²) < 4.78 is 0. The van der Waals surface area contributed by atoms with Crippen LogP contribution in [-0.4, -0.2) is 48.8 Å². The van der Waals surface area contributed by atoms with Crippen LogP contribution in [0.25, 0.3) is 0 Å². The van der Waals surface area contributed by atoms with E-state index in [1.54, 1.807) is 11.3 Å². The lowest BCUT2D eigenvalue weighted by molar-refractivity contribution is -0.892. The molecular formula is C20H28N5OS+. The van der Waals surface area contributed by atoms with Crippen molar-refractivity contribution in [2.45, 2.75) is 38.0 Å². The minimum absolute atomic E-state index is 0.0458. The van der Waals surface area contributed by atoms with Gasteiger partial charge in [-0.15, -0.1) is 10.2 Å². The Hall–Kier alpha value is -1.99. The highest BCUT2D eigenvalue weighted by atomic mass is 32.1. The van der Waals surface area contributed by atoms with E-state index in [9.17, 15) is 4.79 Å². The molecule has 0 bridgehead atoms. The zero-order chi connectivity index (χ0) is 18.5. The van der Waals surface area contributed by atoms with Gasteiger partial charge in [0.25, 0.3) is 5.91 Å². The monoisotopic (exact) mass is 386 g/mol. The van der Waals surface area contributed by atoms with Crippen LogP contribution in [0.1, 0.15) is 43.0 Å². The van der Waals surface area contributed by atoms with Gasteiger partial charge in [0.1, 0.15) is 5.01 Å². The Labute approximate surface area is 164 Å². The average molecular weight is 387 g/mol. The number of nitrogens with one attached hydrogen (secondary N) is 2. The van der Waals surface area contributed by atoms with Gasteiger partial charge in [0.15, 0.2) is 6.54 Å². The molecule has 0 unspecified atom stereocenters. The van der Waals surface area contributed by atoms with E-state index in [1.165, 1.54) is 42.7 Å². The fourth-order valence-electron chi connectivity index (χ4n) is 4.09. The van der Waals surface area contributed by atoms with Crippen LogP contribution in [0, 0.1) is 0 Å². The summed E-state index contributed by atoms with van der Waals surface area (Å²) in [5, 5.41) is 13.2. The van der Waals surface area contributed by atoms with E-state index in [4.69, 9.17) is 0 Å². The van der Waals surface area contributed by atoms with Gasteiger partial charge in [-0.3, -0.25) is 10.1 Å². The van der Waals surface area contributed by atoms with Gasteiger partial charge in [0, 0.05) is 11.6 Å². The molecule has 1 amide bonds. The van der Waals surface area contributed by atoms with Crippen molar-refractivity contribution >= 4 is 28.1 Å². The van der Waals surface area contributed by atoms with Crippen molar-refractivity contribution in [2.24, 2.45) is 0 Å². The molecule has 0 radical (unpaired) electrons. The molecule has 2 heterocycles. The smallest absolute Gasteiger partial charge is 0.281 e. The molecule has 1 aromatic heterocycles. The van der Waals surface area contributed by atoms with Crippen LogP contribution in [-0.2, 0) is 4.79 Å². The van der Waals surface area contributed by atoms with Gasteiger partial charge in [0.05, 0.1) is 26.2 Å². The number of piperazine rings is 1. The summed E-state index contributed by atoms with van der Waals surface area (Å²) in [7, 11) is 0. The van der Waals surface area contributed by atoms with E-state index in [1.807, 2.05) is 6.07 Å². The molecule has 1 aliphatic heterocycles. The van der Waals surface area contributed by atoms with Crippen molar-refractivity contribution in [3.63, 3.8) is 0 Å². The lowest BCUT2D eigenvalue weighted by Crippen LogP contribution is -3.15. The van der Waals surface area contributed by atoms with Crippen LogP contribution in [0.5, 0.6) is 0 Å². The number of amides is 1. The van der Waals surface area contributed by atoms with Crippen LogP contribution in [0.15, 0.2) is 30.3 Å². The van der Waals surface area contributed by atoms with Gasteiger partial charge in [0.2, 0.25) is 5.13 Å². The normalized spacial score (nSPS) is 19.2. The lowest BCUT2D eigenvalue weighted by Gasteiger charge is -2.33. The van der Waals surface area contributed by atoms with Gasteiger partial charge in [-0.1, -0.05) is 48.8 Å². The third-order valence-corrected chi connectivity index (χ3v) is 6.65. The molecule has 2 N–H and O–H groups in total. The summed E-state index contributed by atoms with van der Waals surface area (Å²) in [5.74, 6) is 0.586. The molecule has 1 aromatic carbocycles. The minimum Gasteiger partial charge on any atom is -0.360 e. The molecule has 2 fully saturated rings. The van der Waals surface area contributed by atoms with Crippen molar-refractivity contribution in [2.75, 3.05) is 42.9 Å². The van der Waals surface area contributed by atoms with Gasteiger partial charge >= 0.3 is 0 Å². The first-order valence-electron chi connectivity index (χ1n) is 10.0. The second-order valence-electron chi connectivity index (χ2n) is 7.58. The highest BCUT2D eigenvalue weighted by molar-refractivity contribution is 7.15. The second-order valence-corrected chi connectivity index (χ2v) is 8.59. The fourth-order valence-corrected chi connectivity index (χ4v) is 5.02. The van der Waals surface area contributed by atoms with Gasteiger partial charge in [-0.25, -0.2) is 0 Å². The maximum absolute atomic E-state index is 12.4. The fraction of sp³-hybridized carbons (Fsp3) is 0.550. The molecule has 0 spiro atoms. The first-order valence-corrected chi connectivity index (χ1v) is 10.9. The largest absolute Gasteiger partial charge is 0.360 e. The Morgan fingerprint density at radius 2 is 1.85 bits per heavy atom. The van der Waals surface area contributed by atoms with Gasteiger partial charge < -0.3 is 9.80 Å². The number of para-hydroxylation sites is 1. The number of rotatable bonds is 5. The Morgan fingerprint density at radius 1 is 1.11 bits per heavy atom. The number of benzene rings is 1. The molecule has 27 heavy (non-hydrogen) atoms. The molecule has 2 aromatic rings. The quantitative estimate of drug-likeness (QED) is 0.824. The number of hydrogen-bond acceptors (Lipinski definition) is 5. The molecule has 0 atom stereocenters. The van der Waals surface area contributed by atoms with Gasteiger partial charge in [-0.05, 0) is 25.0 Å². The number of hydrogen-bond donors (Lipinski definition) is 2. The Kier molecular flexibility index (Phi) is 5.99. The van der Waals surface area contributed by atoms with Crippen LogP contribution in [0.4, 0.5) is 10.8 Å². The summed E-state index contributed by atoms with van der Waals surface area (Å²) in [5.41, 5.74) is 1.27. The van der Waals surface area contributed by atoms with Crippen molar-refractivity contribution in [3.8, 4) is 0 Å². The maximum Gasteiger partial charge on any atom is 0.281 e. The maximum atomic E-state index is 12.4. The van der Waals surface area contributed by atoms with Crippen LogP contribution in [0.3, 0.4) is 0 Å². The third kappa shape index (κ3) is 4.84. The number of nitrogens with zero attached hydrogens (tertiary/aromatic N) is 3. The Morgan fingerprint density at radius 3 is 2.59 bits per heavy atom. The molecule has 144 valence electrons. The van der Waals surface area contributed by atoms with E-state index in [0.29, 0.717) is 17.6 Å². The molecule has 1 aliphatic carbocycles. The zero-order valence-electron chi connectivity index (χ0n) is 15.7. The topological polar surface area (TPSA) is 62.6 Å². The van der Waals surface area contributed by atoms with E-state index in [0.717, 1.165) is 31.2 Å². The number of carbonyl (C=O) groups is 1.